The first-order chi connectivity index (χ1) is 10.7. The molecule has 22 heavy (non-hydrogen) atoms. The summed E-state index contributed by atoms with van der Waals surface area (Å²) in [4.78, 5) is 0. The standard InChI is InChI=1S/C18H24N2O2/c1-13-12-20(15-9-6-10-16(11-15)22-2)19-17(13)18(21)14-7-4-3-5-8-14/h6,9-12,14,18,21H,3-5,7-8H2,1-2H3. The summed E-state index contributed by atoms with van der Waals surface area (Å²) in [5.41, 5.74) is 2.81. The molecule has 1 atom stereocenters. The Hall–Kier alpha value is -1.81. The summed E-state index contributed by atoms with van der Waals surface area (Å²) >= 11 is 0. The molecule has 1 aromatic heterocycles. The highest BCUT2D eigenvalue weighted by atomic mass is 16.5. The van der Waals surface area contributed by atoms with Crippen LogP contribution >= 0.6 is 0 Å². The summed E-state index contributed by atoms with van der Waals surface area (Å²) in [7, 11) is 1.66. The number of hydrogen-bond acceptors (Lipinski definition) is 3. The maximum absolute atomic E-state index is 10.7. The molecule has 0 saturated heterocycles. The molecule has 0 amide bonds. The van der Waals surface area contributed by atoms with Crippen molar-refractivity contribution in [1.29, 1.82) is 0 Å². The Morgan fingerprint density at radius 1 is 1.27 bits per heavy atom. The largest absolute Gasteiger partial charge is 0.497 e. The fraction of sp³-hybridized carbons (Fsp3) is 0.500. The monoisotopic (exact) mass is 300 g/mol. The van der Waals surface area contributed by atoms with Gasteiger partial charge in [-0.15, -0.1) is 0 Å². The van der Waals surface area contributed by atoms with Gasteiger partial charge in [0.1, 0.15) is 11.9 Å². The van der Waals surface area contributed by atoms with Gasteiger partial charge in [0.2, 0.25) is 0 Å². The van der Waals surface area contributed by atoms with E-state index in [9.17, 15) is 5.11 Å². The number of aryl methyl sites for hydroxylation is 1. The van der Waals surface area contributed by atoms with Crippen LogP contribution in [0, 0.1) is 12.8 Å². The lowest BCUT2D eigenvalue weighted by Gasteiger charge is -2.25. The third-order valence-electron chi connectivity index (χ3n) is 4.63. The van der Waals surface area contributed by atoms with Crippen LogP contribution in [-0.2, 0) is 0 Å². The van der Waals surface area contributed by atoms with Crippen molar-refractivity contribution >= 4 is 0 Å². The summed E-state index contributed by atoms with van der Waals surface area (Å²) in [6.45, 7) is 2.02. The van der Waals surface area contributed by atoms with Crippen LogP contribution in [0.25, 0.3) is 5.69 Å². The molecular weight excluding hydrogens is 276 g/mol. The van der Waals surface area contributed by atoms with Crippen LogP contribution in [0.1, 0.15) is 49.5 Å². The summed E-state index contributed by atoms with van der Waals surface area (Å²) in [5.74, 6) is 1.15. The first-order valence-corrected chi connectivity index (χ1v) is 8.07. The predicted molar refractivity (Wildman–Crippen MR) is 86.4 cm³/mol. The number of aliphatic hydroxyl groups excluding tert-OH is 1. The molecule has 1 aliphatic rings. The smallest absolute Gasteiger partial charge is 0.121 e. The Bertz CT molecular complexity index is 630. The first kappa shape index (κ1) is 15.1. The van der Waals surface area contributed by atoms with Crippen LogP contribution < -0.4 is 4.74 Å². The van der Waals surface area contributed by atoms with Gasteiger partial charge in [-0.2, -0.15) is 5.10 Å². The van der Waals surface area contributed by atoms with Gasteiger partial charge in [0.05, 0.1) is 18.5 Å². The summed E-state index contributed by atoms with van der Waals surface area (Å²) in [5, 5.41) is 15.3. The molecule has 4 heteroatoms. The number of rotatable bonds is 4. The Balaban J connectivity index is 1.86. The van der Waals surface area contributed by atoms with Crippen molar-refractivity contribution in [2.24, 2.45) is 5.92 Å². The average molecular weight is 300 g/mol. The van der Waals surface area contributed by atoms with Crippen LogP contribution in [0.15, 0.2) is 30.5 Å². The Kier molecular flexibility index (Phi) is 4.48. The fourth-order valence-electron chi connectivity index (χ4n) is 3.32. The number of nitrogens with zero attached hydrogens (tertiary/aromatic N) is 2. The van der Waals surface area contributed by atoms with Gasteiger partial charge in [-0.05, 0) is 43.4 Å². The Labute approximate surface area is 131 Å². The zero-order valence-corrected chi connectivity index (χ0v) is 13.3. The van der Waals surface area contributed by atoms with Crippen molar-refractivity contribution in [3.8, 4) is 11.4 Å². The highest BCUT2D eigenvalue weighted by Gasteiger charge is 2.26. The zero-order valence-electron chi connectivity index (χ0n) is 13.3. The van der Waals surface area contributed by atoms with Gasteiger partial charge in [-0.25, -0.2) is 4.68 Å². The molecule has 1 fully saturated rings. The van der Waals surface area contributed by atoms with Crippen LogP contribution in [0.3, 0.4) is 0 Å². The van der Waals surface area contributed by atoms with Gasteiger partial charge in [0, 0.05) is 12.3 Å². The molecule has 1 saturated carbocycles. The molecule has 1 N–H and O–H groups in total. The van der Waals surface area contributed by atoms with E-state index in [1.165, 1.54) is 19.3 Å². The molecule has 1 unspecified atom stereocenters. The van der Waals surface area contributed by atoms with Crippen LogP contribution in [0.2, 0.25) is 0 Å². The molecule has 118 valence electrons. The highest BCUT2D eigenvalue weighted by Crippen LogP contribution is 2.35. The van der Waals surface area contributed by atoms with Crippen molar-refractivity contribution < 1.29 is 9.84 Å². The fourth-order valence-corrected chi connectivity index (χ4v) is 3.32. The van der Waals surface area contributed by atoms with E-state index < -0.39 is 6.10 Å². The molecule has 1 heterocycles. The number of benzene rings is 1. The molecule has 0 radical (unpaired) electrons. The zero-order chi connectivity index (χ0) is 15.5. The number of hydrogen-bond donors (Lipinski definition) is 1. The van der Waals surface area contributed by atoms with Crippen molar-refractivity contribution in [2.45, 2.75) is 45.1 Å². The Morgan fingerprint density at radius 2 is 2.05 bits per heavy atom. The van der Waals surface area contributed by atoms with E-state index in [-0.39, 0.29) is 0 Å². The second kappa shape index (κ2) is 6.53. The maximum Gasteiger partial charge on any atom is 0.121 e. The van der Waals surface area contributed by atoms with Crippen LogP contribution in [0.4, 0.5) is 0 Å². The third-order valence-corrected chi connectivity index (χ3v) is 4.63. The highest BCUT2D eigenvalue weighted by molar-refractivity contribution is 5.39. The van der Waals surface area contributed by atoms with Crippen molar-refractivity contribution in [2.75, 3.05) is 7.11 Å². The lowest BCUT2D eigenvalue weighted by molar-refractivity contribution is 0.0803. The van der Waals surface area contributed by atoms with Gasteiger partial charge in [-0.3, -0.25) is 0 Å². The minimum Gasteiger partial charge on any atom is -0.497 e. The van der Waals surface area contributed by atoms with Gasteiger partial charge >= 0.3 is 0 Å². The second-order valence-corrected chi connectivity index (χ2v) is 6.19. The molecule has 0 spiro atoms. The molecule has 0 aliphatic heterocycles. The molecule has 1 aliphatic carbocycles. The van der Waals surface area contributed by atoms with E-state index in [0.29, 0.717) is 5.92 Å². The predicted octanol–water partition coefficient (Wildman–Crippen LogP) is 3.80. The van der Waals surface area contributed by atoms with Crippen molar-refractivity contribution in [1.82, 2.24) is 9.78 Å². The van der Waals surface area contributed by atoms with E-state index in [4.69, 9.17) is 4.74 Å². The molecule has 4 nitrogen and oxygen atoms in total. The SMILES string of the molecule is COc1cccc(-n2cc(C)c(C(O)C3CCCCC3)n2)c1. The van der Waals surface area contributed by atoms with Gasteiger partial charge in [-0.1, -0.05) is 25.3 Å². The number of aliphatic hydroxyl groups is 1. The number of ether oxygens (including phenoxy) is 1. The molecule has 0 bridgehead atoms. The average Bonchev–Trinajstić information content (AvgIpc) is 2.97. The first-order valence-electron chi connectivity index (χ1n) is 8.07. The molecule has 3 rings (SSSR count). The minimum atomic E-state index is -0.452. The van der Waals surface area contributed by atoms with E-state index >= 15 is 0 Å². The van der Waals surface area contributed by atoms with Crippen molar-refractivity contribution in [3.63, 3.8) is 0 Å². The van der Waals surface area contributed by atoms with Crippen LogP contribution in [0.5, 0.6) is 5.75 Å². The summed E-state index contributed by atoms with van der Waals surface area (Å²) in [6.07, 6.45) is 7.47. The number of aromatic nitrogens is 2. The van der Waals surface area contributed by atoms with E-state index in [1.54, 1.807) is 7.11 Å². The maximum atomic E-state index is 10.7. The van der Waals surface area contributed by atoms with Crippen LogP contribution in [-0.4, -0.2) is 22.0 Å². The van der Waals surface area contributed by atoms with Gasteiger partial charge < -0.3 is 9.84 Å². The third kappa shape index (κ3) is 3.02. The topological polar surface area (TPSA) is 47.3 Å². The van der Waals surface area contributed by atoms with Gasteiger partial charge in [0.15, 0.2) is 0 Å². The molecular formula is C18H24N2O2. The van der Waals surface area contributed by atoms with E-state index in [0.717, 1.165) is 35.5 Å². The van der Waals surface area contributed by atoms with Gasteiger partial charge in [0.25, 0.3) is 0 Å². The lowest BCUT2D eigenvalue weighted by atomic mass is 9.83. The van der Waals surface area contributed by atoms with E-state index in [2.05, 4.69) is 5.10 Å². The number of methoxy groups -OCH3 is 1. The molecule has 2 aromatic rings. The Morgan fingerprint density at radius 3 is 2.77 bits per heavy atom. The second-order valence-electron chi connectivity index (χ2n) is 6.19. The van der Waals surface area contributed by atoms with E-state index in [1.807, 2.05) is 42.1 Å². The molecule has 1 aromatic carbocycles. The summed E-state index contributed by atoms with van der Waals surface area (Å²) in [6, 6.07) is 7.80. The minimum absolute atomic E-state index is 0.348. The normalized spacial score (nSPS) is 17.4. The lowest BCUT2D eigenvalue weighted by Crippen LogP contribution is -2.17. The quantitative estimate of drug-likeness (QED) is 0.934. The van der Waals surface area contributed by atoms with Crippen molar-refractivity contribution in [3.05, 3.63) is 41.7 Å². The summed E-state index contributed by atoms with van der Waals surface area (Å²) < 4.78 is 7.10.